The summed E-state index contributed by atoms with van der Waals surface area (Å²) in [6.07, 6.45) is 5.89. The summed E-state index contributed by atoms with van der Waals surface area (Å²) < 4.78 is 27.7. The van der Waals surface area contributed by atoms with E-state index in [1.165, 1.54) is 24.3 Å². The van der Waals surface area contributed by atoms with Gasteiger partial charge in [0.05, 0.1) is 11.8 Å². The molecule has 1 N–H and O–H groups in total. The van der Waals surface area contributed by atoms with Crippen molar-refractivity contribution in [1.29, 1.82) is 0 Å². The van der Waals surface area contributed by atoms with Crippen molar-refractivity contribution in [3.63, 3.8) is 0 Å². The van der Waals surface area contributed by atoms with Crippen molar-refractivity contribution >= 4 is 5.91 Å². The van der Waals surface area contributed by atoms with Crippen molar-refractivity contribution < 1.29 is 13.6 Å². The van der Waals surface area contributed by atoms with Gasteiger partial charge in [-0.3, -0.25) is 4.79 Å². The second-order valence-electron chi connectivity index (χ2n) is 6.37. The number of carbonyl (C=O) groups excluding carboxylic acids is 1. The molecule has 0 aromatic heterocycles. The van der Waals surface area contributed by atoms with Crippen molar-refractivity contribution in [2.45, 2.75) is 38.7 Å². The molecule has 0 bridgehead atoms. The van der Waals surface area contributed by atoms with Crippen LogP contribution in [0.2, 0.25) is 0 Å². The van der Waals surface area contributed by atoms with Crippen LogP contribution in [-0.2, 0) is 4.79 Å². The molecule has 1 amide bonds. The smallest absolute Gasteiger partial charge is 0.262 e. The van der Waals surface area contributed by atoms with Gasteiger partial charge in [-0.25, -0.2) is 8.78 Å². The molecular weight excluding hydrogens is 296 g/mol. The topological polar surface area (TPSA) is 29.1 Å². The van der Waals surface area contributed by atoms with Gasteiger partial charge in [0.2, 0.25) is 5.91 Å². The van der Waals surface area contributed by atoms with Crippen LogP contribution < -0.4 is 5.32 Å². The molecule has 124 valence electrons. The average molecular weight is 319 g/mol. The van der Waals surface area contributed by atoms with Gasteiger partial charge < -0.3 is 5.32 Å². The molecule has 0 radical (unpaired) electrons. The summed E-state index contributed by atoms with van der Waals surface area (Å²) >= 11 is 0. The Morgan fingerprint density at radius 2 is 1.83 bits per heavy atom. The zero-order valence-electron chi connectivity index (χ0n) is 13.7. The lowest BCUT2D eigenvalue weighted by Gasteiger charge is -2.15. The average Bonchev–Trinajstić information content (AvgIpc) is 3.05. The highest BCUT2D eigenvalue weighted by molar-refractivity contribution is 5.87. The third-order valence-corrected chi connectivity index (χ3v) is 4.31. The fourth-order valence-electron chi connectivity index (χ4n) is 2.45. The van der Waals surface area contributed by atoms with Crippen LogP contribution >= 0.6 is 0 Å². The highest BCUT2D eigenvalue weighted by Crippen LogP contribution is 2.62. The van der Waals surface area contributed by atoms with Crippen molar-refractivity contribution in [2.75, 3.05) is 0 Å². The minimum atomic E-state index is -2.71. The lowest BCUT2D eigenvalue weighted by Crippen LogP contribution is -2.34. The number of hydrogen-bond donors (Lipinski definition) is 1. The molecule has 1 aliphatic carbocycles. The highest BCUT2D eigenvalue weighted by Gasteiger charge is 2.67. The first-order valence-corrected chi connectivity index (χ1v) is 7.92. The predicted octanol–water partition coefficient (Wildman–Crippen LogP) is 4.31. The molecule has 23 heavy (non-hydrogen) atoms. The Labute approximate surface area is 136 Å². The number of nitrogens with one attached hydrogen (secondary N) is 1. The molecule has 1 aromatic rings. The number of carbonyl (C=O) groups is 1. The second kappa shape index (κ2) is 7.07. The molecule has 1 unspecified atom stereocenters. The number of benzene rings is 1. The van der Waals surface area contributed by atoms with Gasteiger partial charge in [-0.1, -0.05) is 62.4 Å². The molecule has 4 heteroatoms. The van der Waals surface area contributed by atoms with Crippen LogP contribution in [0.1, 0.15) is 32.3 Å². The number of allylic oxidation sites excluding steroid dienone is 3. The van der Waals surface area contributed by atoms with E-state index in [0.29, 0.717) is 11.5 Å². The fraction of sp³-hybridized carbons (Fsp3) is 0.421. The van der Waals surface area contributed by atoms with E-state index in [0.717, 1.165) is 0 Å². The fourth-order valence-corrected chi connectivity index (χ4v) is 2.45. The Balaban J connectivity index is 1.89. The quantitative estimate of drug-likeness (QED) is 0.614. The predicted molar refractivity (Wildman–Crippen MR) is 88.3 cm³/mol. The van der Waals surface area contributed by atoms with Gasteiger partial charge in [0, 0.05) is 12.1 Å². The van der Waals surface area contributed by atoms with Gasteiger partial charge in [0.25, 0.3) is 5.92 Å². The van der Waals surface area contributed by atoms with Gasteiger partial charge in [-0.2, -0.15) is 0 Å². The van der Waals surface area contributed by atoms with Crippen LogP contribution in [0.3, 0.4) is 0 Å². The Morgan fingerprint density at radius 1 is 1.17 bits per heavy atom. The number of hydrogen-bond acceptors (Lipinski definition) is 1. The molecule has 0 aliphatic heterocycles. The van der Waals surface area contributed by atoms with E-state index in [1.807, 2.05) is 26.8 Å². The molecular formula is C19H23F2NO. The first-order chi connectivity index (χ1) is 10.8. The standard InChI is InChI=1S/C19H23F2NO/c1-13(2)14(3)22-17(23)12-8-7-11-16-18(19(16,20)21)15-9-5-4-6-10-15/h4-14,16,18H,1-3H3,(H,22,23)/b11-7+,12-8+/t14?,16-,18-/m0/s1. The Kier molecular flexibility index (Phi) is 5.34. The molecule has 2 nitrogen and oxygen atoms in total. The molecule has 1 aromatic carbocycles. The molecule has 0 saturated heterocycles. The van der Waals surface area contributed by atoms with Gasteiger partial charge >= 0.3 is 0 Å². The normalized spacial score (nSPS) is 24.3. The van der Waals surface area contributed by atoms with Crippen molar-refractivity contribution in [1.82, 2.24) is 5.32 Å². The van der Waals surface area contributed by atoms with Gasteiger partial charge in [0.15, 0.2) is 0 Å². The summed E-state index contributed by atoms with van der Waals surface area (Å²) in [7, 11) is 0. The molecule has 0 spiro atoms. The van der Waals surface area contributed by atoms with Crippen LogP contribution in [-0.4, -0.2) is 17.9 Å². The largest absolute Gasteiger partial charge is 0.350 e. The maximum Gasteiger partial charge on any atom is 0.262 e. The van der Waals surface area contributed by atoms with Gasteiger partial charge in [0.1, 0.15) is 0 Å². The van der Waals surface area contributed by atoms with Crippen LogP contribution in [0.25, 0.3) is 0 Å². The van der Waals surface area contributed by atoms with Gasteiger partial charge in [-0.05, 0) is 18.4 Å². The van der Waals surface area contributed by atoms with E-state index in [1.54, 1.807) is 24.3 Å². The van der Waals surface area contributed by atoms with Crippen molar-refractivity contribution in [3.05, 3.63) is 60.2 Å². The molecule has 1 saturated carbocycles. The van der Waals surface area contributed by atoms with Crippen LogP contribution in [0.4, 0.5) is 8.78 Å². The summed E-state index contributed by atoms with van der Waals surface area (Å²) in [5, 5.41) is 2.83. The van der Waals surface area contributed by atoms with E-state index < -0.39 is 17.8 Å². The summed E-state index contributed by atoms with van der Waals surface area (Å²) in [6, 6.07) is 8.88. The zero-order chi connectivity index (χ0) is 17.0. The summed E-state index contributed by atoms with van der Waals surface area (Å²) in [5.41, 5.74) is 0.652. The summed E-state index contributed by atoms with van der Waals surface area (Å²) in [4.78, 5) is 11.7. The summed E-state index contributed by atoms with van der Waals surface area (Å²) in [5.74, 6) is -4.13. The third-order valence-electron chi connectivity index (χ3n) is 4.31. The third kappa shape index (κ3) is 4.27. The minimum Gasteiger partial charge on any atom is -0.350 e. The number of amides is 1. The lowest BCUT2D eigenvalue weighted by molar-refractivity contribution is -0.117. The number of alkyl halides is 2. The first-order valence-electron chi connectivity index (χ1n) is 7.92. The molecule has 3 atom stereocenters. The Hall–Kier alpha value is -1.97. The first kappa shape index (κ1) is 17.4. The Bertz CT molecular complexity index is 593. The van der Waals surface area contributed by atoms with Crippen LogP contribution in [0.5, 0.6) is 0 Å². The molecule has 1 aliphatic rings. The SMILES string of the molecule is CC(C)C(C)NC(=O)/C=C/C=C/[C@H]1[C@H](c2ccccc2)C1(F)F. The number of halogens is 2. The minimum absolute atomic E-state index is 0.0753. The van der Waals surface area contributed by atoms with E-state index in [-0.39, 0.29) is 11.9 Å². The zero-order valence-corrected chi connectivity index (χ0v) is 13.7. The second-order valence-corrected chi connectivity index (χ2v) is 6.37. The summed E-state index contributed by atoms with van der Waals surface area (Å²) in [6.45, 7) is 5.97. The molecule has 1 fully saturated rings. The monoisotopic (exact) mass is 319 g/mol. The van der Waals surface area contributed by atoms with E-state index in [4.69, 9.17) is 0 Å². The maximum atomic E-state index is 13.8. The number of rotatable bonds is 6. The van der Waals surface area contributed by atoms with E-state index in [9.17, 15) is 13.6 Å². The lowest BCUT2D eigenvalue weighted by atomic mass is 10.1. The van der Waals surface area contributed by atoms with Gasteiger partial charge in [-0.15, -0.1) is 0 Å². The van der Waals surface area contributed by atoms with Crippen LogP contribution in [0.15, 0.2) is 54.6 Å². The Morgan fingerprint density at radius 3 is 2.43 bits per heavy atom. The molecule has 2 rings (SSSR count). The van der Waals surface area contributed by atoms with E-state index in [2.05, 4.69) is 5.32 Å². The molecule has 0 heterocycles. The van der Waals surface area contributed by atoms with E-state index >= 15 is 0 Å². The van der Waals surface area contributed by atoms with Crippen molar-refractivity contribution in [2.24, 2.45) is 11.8 Å². The maximum absolute atomic E-state index is 13.8. The van der Waals surface area contributed by atoms with Crippen LogP contribution in [0, 0.1) is 11.8 Å². The highest BCUT2D eigenvalue weighted by atomic mass is 19.3. The van der Waals surface area contributed by atoms with Crippen molar-refractivity contribution in [3.8, 4) is 0 Å².